The van der Waals surface area contributed by atoms with E-state index in [1.54, 1.807) is 7.11 Å². The molecule has 4 rings (SSSR count). The van der Waals surface area contributed by atoms with Crippen LogP contribution in [0.25, 0.3) is 0 Å². The van der Waals surface area contributed by atoms with Gasteiger partial charge in [0.2, 0.25) is 0 Å². The zero-order chi connectivity index (χ0) is 17.4. The van der Waals surface area contributed by atoms with Crippen LogP contribution in [0, 0.1) is 17.3 Å². The van der Waals surface area contributed by atoms with E-state index < -0.39 is 0 Å². The van der Waals surface area contributed by atoms with Crippen LogP contribution in [0.15, 0.2) is 18.2 Å². The molecular weight excluding hydrogens is 315 g/mol. The summed E-state index contributed by atoms with van der Waals surface area (Å²) < 4.78 is 23.1. The van der Waals surface area contributed by atoms with Crippen LogP contribution in [0.2, 0.25) is 0 Å². The van der Waals surface area contributed by atoms with E-state index in [0.29, 0.717) is 5.92 Å². The minimum atomic E-state index is -0.252. The van der Waals surface area contributed by atoms with Crippen molar-refractivity contribution >= 4 is 12.6 Å². The maximum Gasteiger partial charge on any atom is 0.493 e. The molecule has 2 heterocycles. The van der Waals surface area contributed by atoms with Crippen molar-refractivity contribution in [1.82, 2.24) is 0 Å². The van der Waals surface area contributed by atoms with Crippen LogP contribution in [0.3, 0.4) is 0 Å². The Morgan fingerprint density at radius 1 is 1.24 bits per heavy atom. The van der Waals surface area contributed by atoms with Crippen molar-refractivity contribution in [3.8, 4) is 5.75 Å². The van der Waals surface area contributed by atoms with Gasteiger partial charge < -0.3 is 18.8 Å². The molecule has 1 saturated carbocycles. The van der Waals surface area contributed by atoms with Gasteiger partial charge in [-0.2, -0.15) is 0 Å². The fourth-order valence-electron chi connectivity index (χ4n) is 4.16. The predicted molar refractivity (Wildman–Crippen MR) is 98.5 cm³/mol. The third kappa shape index (κ3) is 3.89. The first-order valence-electron chi connectivity index (χ1n) is 9.54. The van der Waals surface area contributed by atoms with Gasteiger partial charge in [-0.25, -0.2) is 0 Å². The highest BCUT2D eigenvalue weighted by molar-refractivity contribution is 6.61. The molecule has 2 aliphatic heterocycles. The molecule has 136 valence electrons. The topological polar surface area (TPSA) is 36.9 Å². The molecule has 1 aliphatic carbocycles. The number of benzene rings is 1. The molecule has 4 nitrogen and oxygen atoms in total. The zero-order valence-electron chi connectivity index (χ0n) is 15.6. The SMILES string of the molecule is COc1ccc(B2OCC(C)(C)CO2)cc1C1CC1C[C@@H]1CCOC1. The Kier molecular flexibility index (Phi) is 4.82. The molecule has 0 aromatic heterocycles. The zero-order valence-corrected chi connectivity index (χ0v) is 15.6. The first kappa shape index (κ1) is 17.4. The standard InChI is InChI=1S/C20H29BO4/c1-20(2)12-24-21(25-13-20)16-4-5-19(22-3)18(10-16)17-9-15(17)8-14-6-7-23-11-14/h4-5,10,14-15,17H,6-9,11-13H2,1-3H3/t14-,15?,17?/m0/s1. The number of hydrogen-bond donors (Lipinski definition) is 0. The van der Waals surface area contributed by atoms with Gasteiger partial charge in [-0.15, -0.1) is 0 Å². The molecule has 25 heavy (non-hydrogen) atoms. The van der Waals surface area contributed by atoms with E-state index in [-0.39, 0.29) is 12.5 Å². The normalized spacial score (nSPS) is 31.2. The molecule has 0 spiro atoms. The number of ether oxygens (including phenoxy) is 2. The lowest BCUT2D eigenvalue weighted by Crippen LogP contribution is -2.47. The molecule has 1 aromatic carbocycles. The fraction of sp³-hybridized carbons (Fsp3) is 0.700. The third-order valence-electron chi connectivity index (χ3n) is 5.76. The lowest BCUT2D eigenvalue weighted by molar-refractivity contribution is 0.0343. The van der Waals surface area contributed by atoms with Gasteiger partial charge in [0, 0.05) is 31.8 Å². The molecule has 2 saturated heterocycles. The van der Waals surface area contributed by atoms with Gasteiger partial charge in [-0.3, -0.25) is 0 Å². The molecular formula is C20H29BO4. The summed E-state index contributed by atoms with van der Waals surface area (Å²) in [4.78, 5) is 0. The van der Waals surface area contributed by atoms with E-state index >= 15 is 0 Å². The largest absolute Gasteiger partial charge is 0.496 e. The van der Waals surface area contributed by atoms with E-state index in [1.807, 2.05) is 0 Å². The molecule has 0 radical (unpaired) electrons. The Hall–Kier alpha value is -1.04. The van der Waals surface area contributed by atoms with Crippen LogP contribution in [0.4, 0.5) is 0 Å². The molecule has 3 fully saturated rings. The monoisotopic (exact) mass is 344 g/mol. The van der Waals surface area contributed by atoms with Gasteiger partial charge in [0.15, 0.2) is 0 Å². The van der Waals surface area contributed by atoms with Gasteiger partial charge in [0.1, 0.15) is 5.75 Å². The second-order valence-corrected chi connectivity index (χ2v) is 8.69. The summed E-state index contributed by atoms with van der Waals surface area (Å²) in [6, 6.07) is 6.40. The van der Waals surface area contributed by atoms with Crippen LogP contribution < -0.4 is 10.2 Å². The molecule has 0 bridgehead atoms. The quantitative estimate of drug-likeness (QED) is 0.770. The molecule has 0 N–H and O–H groups in total. The summed E-state index contributed by atoms with van der Waals surface area (Å²) in [6.07, 6.45) is 3.76. The first-order valence-corrected chi connectivity index (χ1v) is 9.54. The fourth-order valence-corrected chi connectivity index (χ4v) is 4.16. The highest BCUT2D eigenvalue weighted by Crippen LogP contribution is 2.53. The average molecular weight is 344 g/mol. The van der Waals surface area contributed by atoms with Crippen molar-refractivity contribution in [1.29, 1.82) is 0 Å². The van der Waals surface area contributed by atoms with E-state index in [1.165, 1.54) is 24.8 Å². The second-order valence-electron chi connectivity index (χ2n) is 8.69. The summed E-state index contributed by atoms with van der Waals surface area (Å²) in [5, 5.41) is 0. The smallest absolute Gasteiger partial charge is 0.493 e. The van der Waals surface area contributed by atoms with Crippen molar-refractivity contribution in [2.75, 3.05) is 33.5 Å². The van der Waals surface area contributed by atoms with Crippen LogP contribution in [0.5, 0.6) is 5.75 Å². The van der Waals surface area contributed by atoms with Gasteiger partial charge in [-0.05, 0) is 54.1 Å². The van der Waals surface area contributed by atoms with Crippen molar-refractivity contribution in [3.63, 3.8) is 0 Å². The van der Waals surface area contributed by atoms with E-state index in [9.17, 15) is 0 Å². The van der Waals surface area contributed by atoms with Crippen LogP contribution >= 0.6 is 0 Å². The average Bonchev–Trinajstić information content (AvgIpc) is 3.16. The molecule has 3 atom stereocenters. The van der Waals surface area contributed by atoms with E-state index in [4.69, 9.17) is 18.8 Å². The lowest BCUT2D eigenvalue weighted by Gasteiger charge is -2.33. The predicted octanol–water partition coefficient (Wildman–Crippen LogP) is 2.99. The number of rotatable bonds is 5. The second kappa shape index (κ2) is 6.94. The minimum absolute atomic E-state index is 0.0940. The van der Waals surface area contributed by atoms with Gasteiger partial charge in [0.05, 0.1) is 7.11 Å². The summed E-state index contributed by atoms with van der Waals surface area (Å²) in [6.45, 7) is 7.68. The van der Waals surface area contributed by atoms with Crippen LogP contribution in [0.1, 0.15) is 44.6 Å². The Balaban J connectivity index is 1.46. The maximum atomic E-state index is 5.96. The summed E-state index contributed by atoms with van der Waals surface area (Å²) in [5.41, 5.74) is 2.53. The molecule has 0 amide bonds. The lowest BCUT2D eigenvalue weighted by atomic mass is 9.75. The first-order chi connectivity index (χ1) is 12.1. The van der Waals surface area contributed by atoms with Crippen molar-refractivity contribution < 1.29 is 18.8 Å². The van der Waals surface area contributed by atoms with Crippen molar-refractivity contribution in [2.24, 2.45) is 17.3 Å². The van der Waals surface area contributed by atoms with Gasteiger partial charge >= 0.3 is 7.12 Å². The summed E-state index contributed by atoms with van der Waals surface area (Å²) in [5.74, 6) is 3.12. The van der Waals surface area contributed by atoms with E-state index in [2.05, 4.69) is 32.0 Å². The number of methoxy groups -OCH3 is 1. The van der Waals surface area contributed by atoms with Crippen molar-refractivity contribution in [2.45, 2.75) is 39.0 Å². The Morgan fingerprint density at radius 2 is 2.04 bits per heavy atom. The van der Waals surface area contributed by atoms with Crippen LogP contribution in [-0.2, 0) is 14.0 Å². The van der Waals surface area contributed by atoms with Gasteiger partial charge in [0.25, 0.3) is 0 Å². The van der Waals surface area contributed by atoms with Crippen molar-refractivity contribution in [3.05, 3.63) is 23.8 Å². The maximum absolute atomic E-state index is 5.96. The Bertz CT molecular complexity index is 602. The Labute approximate surface area is 151 Å². The Morgan fingerprint density at radius 3 is 2.72 bits per heavy atom. The van der Waals surface area contributed by atoms with Crippen LogP contribution in [-0.4, -0.2) is 40.7 Å². The molecule has 5 heteroatoms. The molecule has 1 aromatic rings. The summed E-state index contributed by atoms with van der Waals surface area (Å²) >= 11 is 0. The summed E-state index contributed by atoms with van der Waals surface area (Å²) in [7, 11) is 1.51. The highest BCUT2D eigenvalue weighted by atomic mass is 16.6. The molecule has 2 unspecified atom stereocenters. The molecule has 3 aliphatic rings. The van der Waals surface area contributed by atoms with E-state index in [0.717, 1.165) is 49.5 Å². The number of hydrogen-bond acceptors (Lipinski definition) is 4. The van der Waals surface area contributed by atoms with Gasteiger partial charge in [-0.1, -0.05) is 26.0 Å². The highest BCUT2D eigenvalue weighted by Gasteiger charge is 2.42. The minimum Gasteiger partial charge on any atom is -0.496 e. The third-order valence-corrected chi connectivity index (χ3v) is 5.76.